The van der Waals surface area contributed by atoms with Crippen molar-refractivity contribution in [3.63, 3.8) is 0 Å². The summed E-state index contributed by atoms with van der Waals surface area (Å²) in [5.41, 5.74) is 0.312. The summed E-state index contributed by atoms with van der Waals surface area (Å²) in [5.74, 6) is -6.20. The van der Waals surface area contributed by atoms with Gasteiger partial charge in [-0.05, 0) is 74.9 Å². The van der Waals surface area contributed by atoms with E-state index in [1.807, 2.05) is 6.92 Å². The number of ether oxygens (including phenoxy) is 4. The molecule has 3 heterocycles. The highest BCUT2D eigenvalue weighted by Crippen LogP contribution is 2.28. The number of phenolic OH excluding ortho intramolecular Hbond substituents is 1. The number of carbonyl (C=O) groups excluding carboxylic acids is 2. The summed E-state index contributed by atoms with van der Waals surface area (Å²) >= 11 is 3.17. The number of halogens is 9. The van der Waals surface area contributed by atoms with Crippen molar-refractivity contribution in [1.29, 1.82) is 0 Å². The molecule has 0 radical (unpaired) electrons. The molecule has 5 aromatic carbocycles. The van der Waals surface area contributed by atoms with Crippen LogP contribution in [0.25, 0.3) is 32.9 Å². The summed E-state index contributed by atoms with van der Waals surface area (Å²) in [6.45, 7) is 6.12. The molecule has 8 rings (SSSR count). The van der Waals surface area contributed by atoms with Crippen molar-refractivity contribution >= 4 is 61.4 Å². The summed E-state index contributed by atoms with van der Waals surface area (Å²) in [5, 5.41) is 10.8. The molecule has 0 spiro atoms. The van der Waals surface area contributed by atoms with E-state index in [0.717, 1.165) is 35.2 Å². The molecule has 0 saturated carbocycles. The number of furan rings is 2. The summed E-state index contributed by atoms with van der Waals surface area (Å²) in [6, 6.07) is 16.5. The molecule has 3 aromatic heterocycles. The summed E-state index contributed by atoms with van der Waals surface area (Å²) in [6.07, 6.45) is -0.154. The lowest BCUT2D eigenvalue weighted by atomic mass is 10.1. The van der Waals surface area contributed by atoms with Gasteiger partial charge in [0.1, 0.15) is 59.3 Å². The van der Waals surface area contributed by atoms with Gasteiger partial charge in [-0.1, -0.05) is 45.6 Å². The first-order valence-electron chi connectivity index (χ1n) is 19.9. The number of phenols is 1. The van der Waals surface area contributed by atoms with E-state index in [2.05, 4.69) is 15.9 Å². The van der Waals surface area contributed by atoms with Crippen LogP contribution in [-0.4, -0.2) is 43.8 Å². The molecule has 0 amide bonds. The van der Waals surface area contributed by atoms with Gasteiger partial charge in [0, 0.05) is 65.8 Å². The van der Waals surface area contributed by atoms with E-state index in [1.54, 1.807) is 38.1 Å². The van der Waals surface area contributed by atoms with Crippen LogP contribution in [0, 0.1) is 53.5 Å². The maximum Gasteiger partial charge on any atom is 0.336 e. The van der Waals surface area contributed by atoms with Gasteiger partial charge in [0.2, 0.25) is 0 Å². The predicted octanol–water partition coefficient (Wildman–Crippen LogP) is 14.9. The number of fused-ring (bicyclic) bond motifs is 3. The van der Waals surface area contributed by atoms with Crippen LogP contribution in [0.3, 0.4) is 0 Å². The van der Waals surface area contributed by atoms with Gasteiger partial charge >= 0.3 is 5.63 Å². The van der Waals surface area contributed by atoms with Crippen LogP contribution >= 0.6 is 15.9 Å². The molecule has 390 valence electrons. The van der Waals surface area contributed by atoms with Gasteiger partial charge in [-0.2, -0.15) is 0 Å². The van der Waals surface area contributed by atoms with Crippen LogP contribution in [-0.2, 0) is 21.4 Å². The normalized spacial score (nSPS) is 10.2. The van der Waals surface area contributed by atoms with E-state index < -0.39 is 64.2 Å². The monoisotopic (exact) mass is 1080 g/mol. The molecule has 0 atom stereocenters. The Labute approximate surface area is 418 Å². The van der Waals surface area contributed by atoms with E-state index in [4.69, 9.17) is 37.3 Å². The average Bonchev–Trinajstić information content (AvgIpc) is 3.91. The van der Waals surface area contributed by atoms with Crippen LogP contribution in [0.1, 0.15) is 81.4 Å². The minimum absolute atomic E-state index is 0. The summed E-state index contributed by atoms with van der Waals surface area (Å²) in [4.78, 5) is 32.3. The van der Waals surface area contributed by atoms with E-state index in [-0.39, 0.29) is 77.2 Å². The first-order chi connectivity index (χ1) is 32.5. The van der Waals surface area contributed by atoms with Gasteiger partial charge in [0.05, 0.1) is 16.5 Å². The third kappa shape index (κ3) is 16.8. The van der Waals surface area contributed by atoms with Crippen LogP contribution in [0.2, 0.25) is 0 Å². The Morgan fingerprint density at radius 2 is 1.11 bits per heavy atom. The van der Waals surface area contributed by atoms with Gasteiger partial charge in [0.15, 0.2) is 64.8 Å². The first-order valence-corrected chi connectivity index (χ1v) is 21.0. The lowest BCUT2D eigenvalue weighted by molar-refractivity contribution is -0.152. The third-order valence-electron chi connectivity index (χ3n) is 9.03. The zero-order chi connectivity index (χ0) is 49.7. The second kappa shape index (κ2) is 29.3. The largest absolute Gasteiger partial charge is 0.504 e. The fourth-order valence-electron chi connectivity index (χ4n) is 6.11. The Balaban J connectivity index is 0.000000494. The summed E-state index contributed by atoms with van der Waals surface area (Å²) < 4.78 is 141. The lowest BCUT2D eigenvalue weighted by Crippen LogP contribution is -2.25. The van der Waals surface area contributed by atoms with Gasteiger partial charge in [-0.25, -0.2) is 39.9 Å². The highest BCUT2D eigenvalue weighted by Gasteiger charge is 2.17. The highest BCUT2D eigenvalue weighted by molar-refractivity contribution is 9.08. The fourth-order valence-corrected chi connectivity index (χ4v) is 6.38. The number of rotatable bonds is 13. The lowest BCUT2D eigenvalue weighted by Gasteiger charge is -2.18. The summed E-state index contributed by atoms with van der Waals surface area (Å²) in [7, 11) is 0. The fraction of sp³-hybridized carbons (Fsp3) is 0.250. The molecule has 1 N–H and O–H groups in total. The van der Waals surface area contributed by atoms with Crippen molar-refractivity contribution < 1.29 is 82.0 Å². The topological polar surface area (TPSA) is 148 Å². The van der Waals surface area contributed by atoms with Crippen molar-refractivity contribution in [1.82, 2.24) is 0 Å². The van der Waals surface area contributed by atoms with E-state index in [0.29, 0.717) is 70.6 Å². The molecule has 0 aliphatic carbocycles. The van der Waals surface area contributed by atoms with Crippen LogP contribution in [0.4, 0.5) is 35.1 Å². The second-order valence-corrected chi connectivity index (χ2v) is 14.4. The third-order valence-corrected chi connectivity index (χ3v) is 9.58. The standard InChI is InChI=1S/C19H12F2O4.C13H16F2O4.C9H5BrF2O.C7H4F2O2.4CH4/c1-10-4-18(22)25-17-8-13(2-3-15(10)17)23-9-14-6-11-5-12(20)7-16(21)19(11)24-14;1-3-17-12(18-4-2)8-19-13-9(7-16)5-10(14)6-11(13)15;10-4-7-2-5-1-6(11)3-8(12)9(5)13-7;8-5-1-4(3-10)7(11)6(9)2-5;;;;/h2-8H,9H2,1H3;5-7,12H,3-4,8H2,1-2H3;1-3H,4H2;1-3,11H;4*1H4. The molecule has 0 saturated heterocycles. The van der Waals surface area contributed by atoms with Gasteiger partial charge < -0.3 is 37.3 Å². The van der Waals surface area contributed by atoms with E-state index >= 15 is 0 Å². The maximum absolute atomic E-state index is 13.7. The Morgan fingerprint density at radius 3 is 1.65 bits per heavy atom. The molecule has 11 nitrogen and oxygen atoms in total. The Hall–Kier alpha value is -7.03. The molecule has 0 fully saturated rings. The zero-order valence-corrected chi connectivity index (χ0v) is 37.4. The quantitative estimate of drug-likeness (QED) is 0.0387. The van der Waals surface area contributed by atoms with Crippen LogP contribution in [0.5, 0.6) is 17.2 Å². The second-order valence-electron chi connectivity index (χ2n) is 13.9. The molecule has 72 heavy (non-hydrogen) atoms. The molecular weight excluding hydrogens is 1030 g/mol. The van der Waals surface area contributed by atoms with Gasteiger partial charge in [-0.15, -0.1) is 0 Å². The molecule has 0 unspecified atom stereocenters. The molecule has 20 heteroatoms. The number of aromatic hydroxyl groups is 1. The SMILES string of the molecule is C.C.C.C.CCOC(COc1c(F)cc(F)cc1C=O)OCC.Cc1cc(=O)oc2cc(OCc3cc4cc(F)cc(F)c4o3)ccc12.Fc1cc(F)c2oc(CBr)cc2c1.O=Cc1cc(F)cc(F)c1O. The average molecular weight is 1090 g/mol. The van der Waals surface area contributed by atoms with Crippen molar-refractivity contribution in [2.45, 2.75) is 68.7 Å². The van der Waals surface area contributed by atoms with E-state index in [1.165, 1.54) is 24.3 Å². The maximum atomic E-state index is 13.7. The van der Waals surface area contributed by atoms with Crippen LogP contribution in [0.15, 0.2) is 103 Å². The highest BCUT2D eigenvalue weighted by atomic mass is 79.9. The number of carbonyl (C=O) groups is 2. The molecule has 0 aliphatic rings. The molecule has 0 aliphatic heterocycles. The van der Waals surface area contributed by atoms with Crippen molar-refractivity contribution in [3.8, 4) is 17.2 Å². The number of aldehydes is 2. The Bertz CT molecular complexity index is 3090. The van der Waals surface area contributed by atoms with Gasteiger partial charge in [-0.3, -0.25) is 9.59 Å². The molecular formula is C52H53BrF8O11. The number of benzene rings is 5. The van der Waals surface area contributed by atoms with Crippen molar-refractivity contribution in [2.75, 3.05) is 19.8 Å². The number of aryl methyl sites for hydroxylation is 1. The van der Waals surface area contributed by atoms with Gasteiger partial charge in [0.25, 0.3) is 0 Å². The van der Waals surface area contributed by atoms with Crippen molar-refractivity contribution in [3.05, 3.63) is 170 Å². The molecule has 0 bridgehead atoms. The van der Waals surface area contributed by atoms with Crippen LogP contribution < -0.4 is 15.1 Å². The van der Waals surface area contributed by atoms with E-state index in [9.17, 15) is 49.5 Å². The first kappa shape index (κ1) is 63.0. The number of alkyl halides is 1. The zero-order valence-electron chi connectivity index (χ0n) is 35.8. The number of hydrogen-bond donors (Lipinski definition) is 1. The minimum Gasteiger partial charge on any atom is -0.504 e. The molecule has 8 aromatic rings. The number of hydrogen-bond acceptors (Lipinski definition) is 11. The smallest absolute Gasteiger partial charge is 0.336 e. The Kier molecular flexibility index (Phi) is 25.7. The predicted molar refractivity (Wildman–Crippen MR) is 261 cm³/mol. The van der Waals surface area contributed by atoms with Crippen molar-refractivity contribution in [2.24, 2.45) is 0 Å². The minimum atomic E-state index is -1.13. The Morgan fingerprint density at radius 1 is 0.611 bits per heavy atom.